The maximum absolute atomic E-state index is 14.1. The number of benzene rings is 2. The van der Waals surface area contributed by atoms with Gasteiger partial charge in [-0.25, -0.2) is 4.79 Å². The molecule has 3 aliphatic heterocycles. The van der Waals surface area contributed by atoms with Crippen molar-refractivity contribution in [3.05, 3.63) is 63.6 Å². The Hall–Kier alpha value is -4.05. The summed E-state index contributed by atoms with van der Waals surface area (Å²) in [7, 11) is 2.08. The van der Waals surface area contributed by atoms with Crippen molar-refractivity contribution in [3.8, 4) is 0 Å². The Bertz CT molecular complexity index is 1770. The molecule has 3 aromatic rings. The molecule has 0 spiro atoms. The smallest absolute Gasteiger partial charge is 0.398 e. The number of hydrogen-bond acceptors (Lipinski definition) is 6. The minimum absolute atomic E-state index is 0.188. The summed E-state index contributed by atoms with van der Waals surface area (Å²) in [6.45, 7) is 5.05. The lowest BCUT2D eigenvalue weighted by atomic mass is 9.90. The summed E-state index contributed by atoms with van der Waals surface area (Å²) in [4.78, 5) is 51.4. The number of halogens is 6. The van der Waals surface area contributed by atoms with Crippen LogP contribution in [-0.4, -0.2) is 106 Å². The number of nitrogens with zero attached hydrogens (tertiary/aromatic N) is 5. The van der Waals surface area contributed by atoms with Gasteiger partial charge < -0.3 is 25.4 Å². The summed E-state index contributed by atoms with van der Waals surface area (Å²) in [6, 6.07) is 8.46. The highest BCUT2D eigenvalue weighted by molar-refractivity contribution is 5.86. The fourth-order valence-electron chi connectivity index (χ4n) is 8.12. The molecular weight excluding hydrogens is 692 g/mol. The predicted molar refractivity (Wildman–Crippen MR) is 183 cm³/mol. The lowest BCUT2D eigenvalue weighted by molar-refractivity contribution is -0.143. The summed E-state index contributed by atoms with van der Waals surface area (Å²) in [5.74, 6) is -2.09. The van der Waals surface area contributed by atoms with Gasteiger partial charge in [0.2, 0.25) is 11.8 Å². The monoisotopic (exact) mass is 737 g/mol. The minimum atomic E-state index is -5.17. The first kappa shape index (κ1) is 37.7. The Labute approximate surface area is 297 Å². The molecule has 1 atom stereocenters. The third kappa shape index (κ3) is 8.27. The molecule has 3 saturated heterocycles. The molecule has 0 bridgehead atoms. The van der Waals surface area contributed by atoms with Gasteiger partial charge in [-0.2, -0.15) is 26.3 Å². The average molecular weight is 738 g/mol. The molecule has 6 rings (SSSR count). The molecule has 2 aromatic carbocycles. The number of likely N-dealkylation sites (tertiary alicyclic amines) is 2. The van der Waals surface area contributed by atoms with Crippen molar-refractivity contribution in [3.63, 3.8) is 0 Å². The summed E-state index contributed by atoms with van der Waals surface area (Å²) in [6.07, 6.45) is -7.95. The van der Waals surface area contributed by atoms with E-state index >= 15 is 0 Å². The number of amides is 2. The zero-order valence-electron chi connectivity index (χ0n) is 29.1. The van der Waals surface area contributed by atoms with Crippen LogP contribution in [0.4, 0.5) is 32.0 Å². The number of alkyl halides is 6. The predicted octanol–water partition coefficient (Wildman–Crippen LogP) is 4.99. The first-order chi connectivity index (χ1) is 24.6. The van der Waals surface area contributed by atoms with Crippen molar-refractivity contribution in [2.45, 2.75) is 69.4 Å². The van der Waals surface area contributed by atoms with Crippen LogP contribution in [0, 0.1) is 5.92 Å². The number of aromatic amines is 1. The van der Waals surface area contributed by atoms with Gasteiger partial charge in [0, 0.05) is 57.8 Å². The second-order valence-corrected chi connectivity index (χ2v) is 14.4. The third-order valence-electron chi connectivity index (χ3n) is 11.0. The molecule has 0 saturated carbocycles. The van der Waals surface area contributed by atoms with Crippen LogP contribution in [0.1, 0.15) is 61.3 Å². The summed E-state index contributed by atoms with van der Waals surface area (Å²) in [5.41, 5.74) is 1.50. The number of likely N-dealkylation sites (N-methyl/N-ethyl adjacent to an activating group) is 1. The first-order valence-electron chi connectivity index (χ1n) is 17.9. The Morgan fingerprint density at radius 1 is 0.827 bits per heavy atom. The Kier molecular flexibility index (Phi) is 11.0. The van der Waals surface area contributed by atoms with Crippen molar-refractivity contribution in [2.75, 3.05) is 65.1 Å². The van der Waals surface area contributed by atoms with Crippen LogP contribution in [0.25, 0.3) is 11.0 Å². The number of hydrogen-bond donors (Lipinski definition) is 2. The van der Waals surface area contributed by atoms with Gasteiger partial charge in [0.1, 0.15) is 0 Å². The molecule has 52 heavy (non-hydrogen) atoms. The van der Waals surface area contributed by atoms with E-state index in [9.17, 15) is 40.7 Å². The molecule has 4 heterocycles. The number of carbonyl (C=O) groups excluding carboxylic acids is 2. The van der Waals surface area contributed by atoms with Crippen molar-refractivity contribution >= 4 is 28.5 Å². The minimum Gasteiger partial charge on any atom is -0.398 e. The topological polar surface area (TPSA) is 111 Å². The second-order valence-electron chi connectivity index (χ2n) is 14.4. The van der Waals surface area contributed by atoms with Gasteiger partial charge >= 0.3 is 18.0 Å². The molecular formula is C36H45F6N7O3. The number of piperidine rings is 2. The Morgan fingerprint density at radius 2 is 1.42 bits per heavy atom. The number of aromatic nitrogens is 2. The van der Waals surface area contributed by atoms with Gasteiger partial charge in [0.25, 0.3) is 0 Å². The number of carbonyl (C=O) groups is 2. The standard InChI is InChI=1S/C36H45F6N7O3/c1-45-11-4-12-46(18-17-45)25-7-15-48(16-8-25)33(51)24(19-23-20-27(35(37,38)39)32(43)28(21-23)36(40,41)42)22-31(50)47-13-9-26(10-14-47)49-30-6-3-2-5-29(30)44-34(49)52/h2-3,5-6,20-21,24-26H,4,7-19,22,43H2,1H3,(H,44,52)/t24-/m0/s1. The summed E-state index contributed by atoms with van der Waals surface area (Å²) < 4.78 is 85.1. The zero-order chi connectivity index (χ0) is 37.4. The number of anilines is 1. The summed E-state index contributed by atoms with van der Waals surface area (Å²) >= 11 is 0. The van der Waals surface area contributed by atoms with Crippen LogP contribution in [0.3, 0.4) is 0 Å². The number of H-pyrrole nitrogens is 1. The quantitative estimate of drug-likeness (QED) is 0.261. The molecule has 3 aliphatic rings. The molecule has 3 N–H and O–H groups in total. The number of imidazole rings is 1. The normalized spacial score (nSPS) is 20.0. The van der Waals surface area contributed by atoms with Crippen LogP contribution in [0.2, 0.25) is 0 Å². The largest absolute Gasteiger partial charge is 0.418 e. The molecule has 1 aromatic heterocycles. The van der Waals surface area contributed by atoms with E-state index in [2.05, 4.69) is 21.8 Å². The zero-order valence-corrected chi connectivity index (χ0v) is 29.1. The Morgan fingerprint density at radius 3 is 2.06 bits per heavy atom. The molecule has 2 amide bonds. The Balaban J connectivity index is 1.20. The molecule has 0 radical (unpaired) electrons. The van der Waals surface area contributed by atoms with Gasteiger partial charge in [0.05, 0.1) is 33.8 Å². The highest BCUT2D eigenvalue weighted by Crippen LogP contribution is 2.42. The van der Waals surface area contributed by atoms with Gasteiger partial charge in [-0.05, 0) is 88.5 Å². The van der Waals surface area contributed by atoms with Crippen molar-refractivity contribution in [2.24, 2.45) is 5.92 Å². The van der Waals surface area contributed by atoms with Gasteiger partial charge in [0.15, 0.2) is 0 Å². The van der Waals surface area contributed by atoms with Crippen molar-refractivity contribution < 1.29 is 35.9 Å². The lowest BCUT2D eigenvalue weighted by Gasteiger charge is -2.39. The van der Waals surface area contributed by atoms with E-state index in [0.717, 1.165) is 38.1 Å². The van der Waals surface area contributed by atoms with Gasteiger partial charge in [-0.3, -0.25) is 19.1 Å². The van der Waals surface area contributed by atoms with Crippen LogP contribution < -0.4 is 11.4 Å². The van der Waals surface area contributed by atoms with Crippen molar-refractivity contribution in [1.82, 2.24) is 29.2 Å². The fourth-order valence-corrected chi connectivity index (χ4v) is 8.12. The molecule has 284 valence electrons. The van der Waals surface area contributed by atoms with Crippen molar-refractivity contribution in [1.29, 1.82) is 0 Å². The van der Waals surface area contributed by atoms with E-state index in [4.69, 9.17) is 5.73 Å². The number of nitrogens with two attached hydrogens (primary N) is 1. The third-order valence-corrected chi connectivity index (χ3v) is 11.0. The van der Waals surface area contributed by atoms with E-state index in [0.29, 0.717) is 56.4 Å². The van der Waals surface area contributed by atoms with E-state index in [-0.39, 0.29) is 42.8 Å². The van der Waals surface area contributed by atoms with E-state index in [1.165, 1.54) is 0 Å². The second kappa shape index (κ2) is 15.1. The number of rotatable bonds is 7. The van der Waals surface area contributed by atoms with Crippen LogP contribution in [-0.2, 0) is 28.4 Å². The fraction of sp³-hybridized carbons (Fsp3) is 0.583. The highest BCUT2D eigenvalue weighted by atomic mass is 19.4. The number of nitrogen functional groups attached to an aromatic ring is 1. The van der Waals surface area contributed by atoms with Crippen LogP contribution in [0.15, 0.2) is 41.2 Å². The molecule has 0 unspecified atom stereocenters. The van der Waals surface area contributed by atoms with Crippen LogP contribution >= 0.6 is 0 Å². The maximum atomic E-state index is 14.1. The van der Waals surface area contributed by atoms with Gasteiger partial charge in [-0.1, -0.05) is 12.1 Å². The lowest BCUT2D eigenvalue weighted by Crippen LogP contribution is -2.50. The SMILES string of the molecule is CN1CCCN(C2CCN(C(=O)[C@H](CC(=O)N3CCC(n4c(=O)[nH]c5ccccc54)CC3)Cc3cc(C(F)(F)F)c(N)c(C(F)(F)F)c3)CC2)CC1. The summed E-state index contributed by atoms with van der Waals surface area (Å²) in [5, 5.41) is 0. The average Bonchev–Trinajstić information content (AvgIpc) is 3.28. The first-order valence-corrected chi connectivity index (χ1v) is 17.9. The van der Waals surface area contributed by atoms with E-state index in [1.54, 1.807) is 20.4 Å². The molecule has 10 nitrogen and oxygen atoms in total. The molecule has 3 fully saturated rings. The van der Waals surface area contributed by atoms with E-state index in [1.807, 2.05) is 18.2 Å². The van der Waals surface area contributed by atoms with Crippen LogP contribution in [0.5, 0.6) is 0 Å². The number of para-hydroxylation sites is 2. The van der Waals surface area contributed by atoms with Gasteiger partial charge in [-0.15, -0.1) is 0 Å². The maximum Gasteiger partial charge on any atom is 0.418 e. The molecule has 0 aliphatic carbocycles. The van der Waals surface area contributed by atoms with E-state index < -0.39 is 53.3 Å². The molecule has 16 heteroatoms. The number of fused-ring (bicyclic) bond motifs is 1. The number of nitrogens with one attached hydrogen (secondary N) is 1. The highest BCUT2D eigenvalue weighted by Gasteiger charge is 2.42.